The summed E-state index contributed by atoms with van der Waals surface area (Å²) in [4.78, 5) is 0. The molecule has 0 amide bonds. The van der Waals surface area contributed by atoms with Crippen LogP contribution in [0.1, 0.15) is 25.7 Å². The van der Waals surface area contributed by atoms with Gasteiger partial charge in [0.05, 0.1) is 0 Å². The first-order valence-electron chi connectivity index (χ1n) is 3.58. The smallest absolute Gasteiger partial charge is 0.207 e. The van der Waals surface area contributed by atoms with Crippen molar-refractivity contribution in [3.63, 3.8) is 0 Å². The molecule has 0 bridgehead atoms. The Bertz CT molecular complexity index is 114. The van der Waals surface area contributed by atoms with Crippen LogP contribution in [0.15, 0.2) is 0 Å². The average molecular weight is 260 g/mol. The zero-order valence-corrected chi connectivity index (χ0v) is 7.90. The molecule has 1 fully saturated rings. The lowest BCUT2D eigenvalue weighted by atomic mass is 9.88. The molecule has 1 atom stereocenters. The lowest BCUT2D eigenvalue weighted by molar-refractivity contribution is -0.0483. The first kappa shape index (κ1) is 8.68. The maximum absolute atomic E-state index is 12.6. The predicted molar refractivity (Wildman–Crippen MR) is 45.8 cm³/mol. The Labute approximate surface area is 73.5 Å². The van der Waals surface area contributed by atoms with Gasteiger partial charge in [-0.2, -0.15) is 0 Å². The van der Waals surface area contributed by atoms with Gasteiger partial charge in [-0.3, -0.25) is 0 Å². The van der Waals surface area contributed by atoms with E-state index in [9.17, 15) is 8.78 Å². The van der Waals surface area contributed by atoms with Crippen molar-refractivity contribution >= 4 is 22.6 Å². The molecule has 0 aromatic rings. The molecule has 1 aliphatic carbocycles. The fourth-order valence-corrected chi connectivity index (χ4v) is 2.16. The molecule has 0 aliphatic heterocycles. The molecular weight excluding hydrogens is 249 g/mol. The van der Waals surface area contributed by atoms with Gasteiger partial charge in [0.2, 0.25) is 5.92 Å². The fraction of sp³-hybridized carbons (Fsp3) is 1.00. The topological polar surface area (TPSA) is 0 Å². The second-order valence-electron chi connectivity index (χ2n) is 2.97. The molecule has 1 saturated carbocycles. The van der Waals surface area contributed by atoms with Crippen LogP contribution < -0.4 is 0 Å². The number of hydrogen-bond donors (Lipinski definition) is 0. The molecule has 1 unspecified atom stereocenters. The van der Waals surface area contributed by atoms with Crippen molar-refractivity contribution in [1.29, 1.82) is 0 Å². The highest BCUT2D eigenvalue weighted by Crippen LogP contribution is 2.37. The molecular formula is C7H11F2I. The molecule has 1 rings (SSSR count). The van der Waals surface area contributed by atoms with E-state index < -0.39 is 5.92 Å². The maximum atomic E-state index is 12.6. The van der Waals surface area contributed by atoms with Crippen molar-refractivity contribution in [1.82, 2.24) is 0 Å². The third-order valence-corrected chi connectivity index (χ3v) is 3.21. The minimum Gasteiger partial charge on any atom is -0.207 e. The van der Waals surface area contributed by atoms with E-state index in [4.69, 9.17) is 0 Å². The van der Waals surface area contributed by atoms with Crippen LogP contribution in [0.5, 0.6) is 0 Å². The first-order valence-corrected chi connectivity index (χ1v) is 5.10. The third kappa shape index (κ3) is 2.32. The Morgan fingerprint density at radius 3 is 2.60 bits per heavy atom. The summed E-state index contributed by atoms with van der Waals surface area (Å²) in [5, 5.41) is 0. The molecule has 0 spiro atoms. The zero-order valence-electron chi connectivity index (χ0n) is 5.75. The van der Waals surface area contributed by atoms with Crippen LogP contribution in [0.25, 0.3) is 0 Å². The summed E-state index contributed by atoms with van der Waals surface area (Å²) in [6.45, 7) is 0. The van der Waals surface area contributed by atoms with Gasteiger partial charge in [-0.25, -0.2) is 8.78 Å². The summed E-state index contributed by atoms with van der Waals surface area (Å²) in [6.07, 6.45) is 1.94. The highest BCUT2D eigenvalue weighted by molar-refractivity contribution is 14.1. The van der Waals surface area contributed by atoms with E-state index in [-0.39, 0.29) is 18.8 Å². The van der Waals surface area contributed by atoms with E-state index in [1.165, 1.54) is 0 Å². The SMILES string of the molecule is FC1(F)CCCC(CI)C1. The molecule has 1 aliphatic rings. The predicted octanol–water partition coefficient (Wildman–Crippen LogP) is 3.25. The largest absolute Gasteiger partial charge is 0.248 e. The first-order chi connectivity index (χ1) is 4.64. The lowest BCUT2D eigenvalue weighted by Gasteiger charge is -2.27. The quantitative estimate of drug-likeness (QED) is 0.501. The summed E-state index contributed by atoms with van der Waals surface area (Å²) in [6, 6.07) is 0. The van der Waals surface area contributed by atoms with Crippen LogP contribution in [-0.2, 0) is 0 Å². The van der Waals surface area contributed by atoms with Crippen molar-refractivity contribution in [3.8, 4) is 0 Å². The molecule has 0 aromatic heterocycles. The summed E-state index contributed by atoms with van der Waals surface area (Å²) in [5.41, 5.74) is 0. The van der Waals surface area contributed by atoms with E-state index in [2.05, 4.69) is 22.6 Å². The molecule has 10 heavy (non-hydrogen) atoms. The van der Waals surface area contributed by atoms with Crippen molar-refractivity contribution in [2.24, 2.45) is 5.92 Å². The molecule has 0 N–H and O–H groups in total. The Kier molecular flexibility index (Phi) is 2.89. The van der Waals surface area contributed by atoms with Gasteiger partial charge >= 0.3 is 0 Å². The van der Waals surface area contributed by atoms with E-state index >= 15 is 0 Å². The van der Waals surface area contributed by atoms with Gasteiger partial charge in [0, 0.05) is 17.3 Å². The van der Waals surface area contributed by atoms with Crippen molar-refractivity contribution in [2.75, 3.05) is 4.43 Å². The standard InChI is InChI=1S/C7H11F2I/c8-7(9)3-1-2-6(4-7)5-10/h6H,1-5H2. The molecule has 0 nitrogen and oxygen atoms in total. The lowest BCUT2D eigenvalue weighted by Crippen LogP contribution is -2.26. The molecule has 60 valence electrons. The number of hydrogen-bond acceptors (Lipinski definition) is 0. The van der Waals surface area contributed by atoms with Gasteiger partial charge in [0.25, 0.3) is 0 Å². The Balaban J connectivity index is 2.40. The normalized spacial score (nSPS) is 32.1. The van der Waals surface area contributed by atoms with Crippen LogP contribution in [0, 0.1) is 5.92 Å². The van der Waals surface area contributed by atoms with Crippen LogP contribution in [-0.4, -0.2) is 10.4 Å². The van der Waals surface area contributed by atoms with Crippen LogP contribution in [0.4, 0.5) is 8.78 Å². The number of alkyl halides is 3. The molecule has 0 saturated heterocycles. The van der Waals surface area contributed by atoms with Crippen LogP contribution in [0.2, 0.25) is 0 Å². The maximum Gasteiger partial charge on any atom is 0.248 e. The van der Waals surface area contributed by atoms with Gasteiger partial charge in [-0.1, -0.05) is 22.6 Å². The van der Waals surface area contributed by atoms with Crippen molar-refractivity contribution in [2.45, 2.75) is 31.6 Å². The van der Waals surface area contributed by atoms with E-state index in [0.717, 1.165) is 10.8 Å². The summed E-state index contributed by atoms with van der Waals surface area (Å²) >= 11 is 2.19. The average Bonchev–Trinajstić information content (AvgIpc) is 1.86. The second-order valence-corrected chi connectivity index (χ2v) is 3.85. The van der Waals surface area contributed by atoms with Crippen molar-refractivity contribution in [3.05, 3.63) is 0 Å². The van der Waals surface area contributed by atoms with Gasteiger partial charge in [-0.15, -0.1) is 0 Å². The molecule has 3 heteroatoms. The Morgan fingerprint density at radius 1 is 1.50 bits per heavy atom. The number of halogens is 3. The third-order valence-electron chi connectivity index (χ3n) is 1.96. The highest BCUT2D eigenvalue weighted by Gasteiger charge is 2.35. The number of rotatable bonds is 1. The van der Waals surface area contributed by atoms with Crippen LogP contribution >= 0.6 is 22.6 Å². The van der Waals surface area contributed by atoms with Gasteiger partial charge in [-0.05, 0) is 18.8 Å². The van der Waals surface area contributed by atoms with Crippen LogP contribution in [0.3, 0.4) is 0 Å². The van der Waals surface area contributed by atoms with E-state index in [0.29, 0.717) is 6.42 Å². The molecule has 0 radical (unpaired) electrons. The summed E-state index contributed by atoms with van der Waals surface area (Å²) in [5.74, 6) is -2.09. The van der Waals surface area contributed by atoms with Gasteiger partial charge in [0.1, 0.15) is 0 Å². The monoisotopic (exact) mass is 260 g/mol. The second kappa shape index (κ2) is 3.32. The van der Waals surface area contributed by atoms with Gasteiger partial charge in [0.15, 0.2) is 0 Å². The minimum absolute atomic E-state index is 0.111. The highest BCUT2D eigenvalue weighted by atomic mass is 127. The summed E-state index contributed by atoms with van der Waals surface area (Å²) in [7, 11) is 0. The van der Waals surface area contributed by atoms with Crippen molar-refractivity contribution < 1.29 is 8.78 Å². The Morgan fingerprint density at radius 2 is 2.20 bits per heavy atom. The zero-order chi connectivity index (χ0) is 7.61. The summed E-state index contributed by atoms with van der Waals surface area (Å²) < 4.78 is 26.2. The van der Waals surface area contributed by atoms with E-state index in [1.54, 1.807) is 0 Å². The van der Waals surface area contributed by atoms with Gasteiger partial charge < -0.3 is 0 Å². The fourth-order valence-electron chi connectivity index (χ4n) is 1.41. The molecule has 0 aromatic carbocycles. The minimum atomic E-state index is -2.35. The molecule has 0 heterocycles. The van der Waals surface area contributed by atoms with E-state index in [1.807, 2.05) is 0 Å². The Hall–Kier alpha value is 0.590.